The van der Waals surface area contributed by atoms with Crippen molar-refractivity contribution in [3.8, 4) is 5.75 Å². The zero-order valence-corrected chi connectivity index (χ0v) is 16.0. The minimum atomic E-state index is -0.0138. The number of ether oxygens (including phenoxy) is 1. The molecule has 0 radical (unpaired) electrons. The van der Waals surface area contributed by atoms with Gasteiger partial charge in [0.05, 0.1) is 24.9 Å². The van der Waals surface area contributed by atoms with E-state index in [1.165, 1.54) is 0 Å². The molecule has 6 heteroatoms. The summed E-state index contributed by atoms with van der Waals surface area (Å²) in [6.45, 7) is 8.31. The van der Waals surface area contributed by atoms with Crippen LogP contribution in [0.25, 0.3) is 0 Å². The molecule has 2 atom stereocenters. The number of hydrogen-bond acceptors (Lipinski definition) is 4. The highest BCUT2D eigenvalue weighted by atomic mass is 16.5. The van der Waals surface area contributed by atoms with Gasteiger partial charge in [0, 0.05) is 37.3 Å². The summed E-state index contributed by atoms with van der Waals surface area (Å²) >= 11 is 0. The molecule has 2 heterocycles. The van der Waals surface area contributed by atoms with Crippen LogP contribution in [0.5, 0.6) is 5.75 Å². The van der Waals surface area contributed by atoms with E-state index in [2.05, 4.69) is 17.3 Å². The van der Waals surface area contributed by atoms with Crippen LogP contribution in [0.2, 0.25) is 0 Å². The number of hydrogen-bond donors (Lipinski definition) is 1. The number of carbonyl (C=O) groups excluding carboxylic acids is 1. The van der Waals surface area contributed by atoms with E-state index in [0.717, 1.165) is 35.8 Å². The highest BCUT2D eigenvalue weighted by Crippen LogP contribution is 2.31. The largest absolute Gasteiger partial charge is 0.496 e. The number of nitrogens with zero attached hydrogens (tertiary/aromatic N) is 3. The van der Waals surface area contributed by atoms with E-state index >= 15 is 0 Å². The third-order valence-corrected chi connectivity index (χ3v) is 4.99. The highest BCUT2D eigenvalue weighted by molar-refractivity contribution is 5.77. The average molecular weight is 356 g/mol. The van der Waals surface area contributed by atoms with Gasteiger partial charge in [-0.15, -0.1) is 0 Å². The minimum absolute atomic E-state index is 0.0138. The van der Waals surface area contributed by atoms with Crippen molar-refractivity contribution in [3.05, 3.63) is 47.3 Å². The Morgan fingerprint density at radius 1 is 1.38 bits per heavy atom. The Bertz CT molecular complexity index is 771. The molecule has 2 unspecified atom stereocenters. The van der Waals surface area contributed by atoms with Gasteiger partial charge in [-0.05, 0) is 32.9 Å². The fourth-order valence-electron chi connectivity index (χ4n) is 3.77. The van der Waals surface area contributed by atoms with Crippen molar-refractivity contribution in [2.45, 2.75) is 39.3 Å². The maximum absolute atomic E-state index is 13.1. The van der Waals surface area contributed by atoms with Crippen LogP contribution in [0, 0.1) is 13.8 Å². The van der Waals surface area contributed by atoms with Gasteiger partial charge in [0.1, 0.15) is 5.75 Å². The number of para-hydroxylation sites is 1. The lowest BCUT2D eigenvalue weighted by molar-refractivity contribution is -0.135. The molecule has 140 valence electrons. The number of rotatable bonds is 5. The third-order valence-electron chi connectivity index (χ3n) is 4.99. The summed E-state index contributed by atoms with van der Waals surface area (Å²) in [5.41, 5.74) is 3.12. The molecule has 1 fully saturated rings. The minimum Gasteiger partial charge on any atom is -0.496 e. The van der Waals surface area contributed by atoms with Crippen LogP contribution in [-0.2, 0) is 4.79 Å². The average Bonchev–Trinajstić information content (AvgIpc) is 3.00. The molecule has 6 nitrogen and oxygen atoms in total. The molecule has 1 aromatic carbocycles. The standard InChI is InChI=1S/C20H28N4O2/c1-14-11-15(2)24(22-14)16(3)12-20(25)23-10-9-21-13-18(23)17-7-5-6-8-19(17)26-4/h5-8,11,16,18,21H,9-10,12-13H2,1-4H3. The molecule has 1 saturated heterocycles. The summed E-state index contributed by atoms with van der Waals surface area (Å²) in [5.74, 6) is 0.980. The Kier molecular flexibility index (Phi) is 5.61. The van der Waals surface area contributed by atoms with Crippen LogP contribution in [0.3, 0.4) is 0 Å². The molecule has 1 amide bonds. The zero-order chi connectivity index (χ0) is 18.7. The van der Waals surface area contributed by atoms with Crippen LogP contribution in [0.4, 0.5) is 0 Å². The number of carbonyl (C=O) groups is 1. The van der Waals surface area contributed by atoms with Gasteiger partial charge < -0.3 is 15.0 Å². The molecular weight excluding hydrogens is 328 g/mol. The van der Waals surface area contributed by atoms with Crippen LogP contribution in [0.15, 0.2) is 30.3 Å². The van der Waals surface area contributed by atoms with Gasteiger partial charge in [-0.2, -0.15) is 5.10 Å². The second-order valence-corrected chi connectivity index (χ2v) is 6.97. The SMILES string of the molecule is COc1ccccc1C1CNCCN1C(=O)CC(C)n1nc(C)cc1C. The molecule has 26 heavy (non-hydrogen) atoms. The summed E-state index contributed by atoms with van der Waals surface area (Å²) < 4.78 is 7.47. The normalized spacial score (nSPS) is 18.6. The lowest BCUT2D eigenvalue weighted by Crippen LogP contribution is -2.49. The summed E-state index contributed by atoms with van der Waals surface area (Å²) in [6, 6.07) is 10.0. The van der Waals surface area contributed by atoms with Gasteiger partial charge >= 0.3 is 0 Å². The van der Waals surface area contributed by atoms with Gasteiger partial charge in [-0.3, -0.25) is 9.48 Å². The Morgan fingerprint density at radius 2 is 2.15 bits per heavy atom. The summed E-state index contributed by atoms with van der Waals surface area (Å²) in [4.78, 5) is 15.1. The second-order valence-electron chi connectivity index (χ2n) is 6.97. The van der Waals surface area contributed by atoms with Crippen molar-refractivity contribution in [2.75, 3.05) is 26.7 Å². The van der Waals surface area contributed by atoms with Crippen molar-refractivity contribution in [1.82, 2.24) is 20.0 Å². The monoisotopic (exact) mass is 356 g/mol. The Hall–Kier alpha value is -2.34. The second kappa shape index (κ2) is 7.91. The maximum Gasteiger partial charge on any atom is 0.225 e. The molecule has 1 aliphatic heterocycles. The zero-order valence-electron chi connectivity index (χ0n) is 16.0. The van der Waals surface area contributed by atoms with E-state index in [4.69, 9.17) is 4.74 Å². The molecule has 1 aromatic heterocycles. The molecule has 1 N–H and O–H groups in total. The lowest BCUT2D eigenvalue weighted by Gasteiger charge is -2.37. The number of methoxy groups -OCH3 is 1. The van der Waals surface area contributed by atoms with Crippen LogP contribution < -0.4 is 10.1 Å². The van der Waals surface area contributed by atoms with Gasteiger partial charge in [0.2, 0.25) is 5.91 Å². The van der Waals surface area contributed by atoms with E-state index in [9.17, 15) is 4.79 Å². The molecule has 3 rings (SSSR count). The van der Waals surface area contributed by atoms with E-state index in [1.54, 1.807) is 7.11 Å². The topological polar surface area (TPSA) is 59.4 Å². The fraction of sp³-hybridized carbons (Fsp3) is 0.500. The van der Waals surface area contributed by atoms with Crippen molar-refractivity contribution in [3.63, 3.8) is 0 Å². The van der Waals surface area contributed by atoms with Gasteiger partial charge in [-0.1, -0.05) is 18.2 Å². The summed E-state index contributed by atoms with van der Waals surface area (Å²) in [7, 11) is 1.67. The third kappa shape index (κ3) is 3.75. The van der Waals surface area contributed by atoms with E-state index < -0.39 is 0 Å². The molecule has 0 aliphatic carbocycles. The van der Waals surface area contributed by atoms with Gasteiger partial charge in [0.15, 0.2) is 0 Å². The summed E-state index contributed by atoms with van der Waals surface area (Å²) in [6.07, 6.45) is 0.438. The van der Waals surface area contributed by atoms with Crippen molar-refractivity contribution in [1.29, 1.82) is 0 Å². The number of benzene rings is 1. The predicted octanol–water partition coefficient (Wildman–Crippen LogP) is 2.63. The summed E-state index contributed by atoms with van der Waals surface area (Å²) in [5, 5.41) is 7.93. The number of aromatic nitrogens is 2. The van der Waals surface area contributed by atoms with Gasteiger partial charge in [0.25, 0.3) is 0 Å². The number of amides is 1. The molecule has 0 spiro atoms. The molecule has 2 aromatic rings. The van der Waals surface area contributed by atoms with Crippen molar-refractivity contribution < 1.29 is 9.53 Å². The first kappa shape index (κ1) is 18.5. The maximum atomic E-state index is 13.1. The van der Waals surface area contributed by atoms with Gasteiger partial charge in [-0.25, -0.2) is 0 Å². The van der Waals surface area contributed by atoms with Crippen LogP contribution in [0.1, 0.15) is 42.4 Å². The number of aryl methyl sites for hydroxylation is 2. The van der Waals surface area contributed by atoms with Crippen LogP contribution >= 0.6 is 0 Å². The van der Waals surface area contributed by atoms with Crippen LogP contribution in [-0.4, -0.2) is 47.3 Å². The predicted molar refractivity (Wildman–Crippen MR) is 101 cm³/mol. The molecule has 0 saturated carbocycles. The first-order valence-corrected chi connectivity index (χ1v) is 9.17. The number of piperazine rings is 1. The smallest absolute Gasteiger partial charge is 0.225 e. The molecule has 0 bridgehead atoms. The molecular formula is C20H28N4O2. The fourth-order valence-corrected chi connectivity index (χ4v) is 3.77. The van der Waals surface area contributed by atoms with E-state index in [1.807, 2.05) is 53.8 Å². The highest BCUT2D eigenvalue weighted by Gasteiger charge is 2.30. The first-order chi connectivity index (χ1) is 12.5. The first-order valence-electron chi connectivity index (χ1n) is 9.17. The lowest BCUT2D eigenvalue weighted by atomic mass is 10.0. The quantitative estimate of drug-likeness (QED) is 0.895. The van der Waals surface area contributed by atoms with E-state index in [-0.39, 0.29) is 18.0 Å². The number of nitrogens with one attached hydrogen (secondary N) is 1. The Balaban J connectivity index is 1.79. The van der Waals surface area contributed by atoms with Crippen molar-refractivity contribution in [2.24, 2.45) is 0 Å². The van der Waals surface area contributed by atoms with E-state index in [0.29, 0.717) is 13.0 Å². The Labute approximate surface area is 155 Å². The Morgan fingerprint density at radius 3 is 2.85 bits per heavy atom. The van der Waals surface area contributed by atoms with Crippen molar-refractivity contribution >= 4 is 5.91 Å². The molecule has 1 aliphatic rings.